The minimum absolute atomic E-state index is 0.335. The van der Waals surface area contributed by atoms with E-state index in [4.69, 9.17) is 18.9 Å². The second kappa shape index (κ2) is 4.57. The number of rotatable bonds is 1. The molecule has 0 unspecified atom stereocenters. The first-order valence-electron chi connectivity index (χ1n) is 5.22. The van der Waals surface area contributed by atoms with Gasteiger partial charge in [-0.05, 0) is 0 Å². The first-order chi connectivity index (χ1) is 6.75. The maximum absolute atomic E-state index is 5.49. The molecular weight excluding hydrogens is 184 g/mol. The molecule has 2 rings (SSSR count). The van der Waals surface area contributed by atoms with Crippen LogP contribution in [-0.4, -0.2) is 39.0 Å². The van der Waals surface area contributed by atoms with Gasteiger partial charge < -0.3 is 18.9 Å². The van der Waals surface area contributed by atoms with E-state index in [-0.39, 0.29) is 12.6 Å². The summed E-state index contributed by atoms with van der Waals surface area (Å²) in [6.45, 7) is 7.10. The number of hydrogen-bond donors (Lipinski definition) is 0. The molecule has 4 heteroatoms. The van der Waals surface area contributed by atoms with Gasteiger partial charge in [0.1, 0.15) is 0 Å². The number of ether oxygens (including phenoxy) is 4. The molecule has 0 bridgehead atoms. The Kier molecular flexibility index (Phi) is 3.38. The third kappa shape index (κ3) is 2.45. The fraction of sp³-hybridized carbons (Fsp3) is 1.00. The fourth-order valence-corrected chi connectivity index (χ4v) is 1.54. The van der Waals surface area contributed by atoms with Crippen LogP contribution in [0.5, 0.6) is 0 Å². The van der Waals surface area contributed by atoms with Gasteiger partial charge in [-0.1, -0.05) is 13.8 Å². The second-order valence-corrected chi connectivity index (χ2v) is 4.28. The van der Waals surface area contributed by atoms with Crippen LogP contribution >= 0.6 is 0 Å². The van der Waals surface area contributed by atoms with Crippen molar-refractivity contribution in [3.05, 3.63) is 0 Å². The molecule has 2 aliphatic rings. The molecule has 82 valence electrons. The lowest BCUT2D eigenvalue weighted by Gasteiger charge is -2.35. The molecule has 0 aliphatic carbocycles. The molecule has 0 saturated carbocycles. The van der Waals surface area contributed by atoms with Crippen molar-refractivity contribution >= 4 is 0 Å². The summed E-state index contributed by atoms with van der Waals surface area (Å²) in [7, 11) is 0. The molecular formula is C10H18O4. The normalized spacial score (nSPS) is 45.0. The quantitative estimate of drug-likeness (QED) is 0.635. The summed E-state index contributed by atoms with van der Waals surface area (Å²) in [5.41, 5.74) is 0. The summed E-state index contributed by atoms with van der Waals surface area (Å²) < 4.78 is 22.0. The zero-order valence-electron chi connectivity index (χ0n) is 8.77. The van der Waals surface area contributed by atoms with Crippen LogP contribution < -0.4 is 0 Å². The highest BCUT2D eigenvalue weighted by atomic mass is 16.8. The van der Waals surface area contributed by atoms with Crippen LogP contribution in [0.25, 0.3) is 0 Å². The van der Waals surface area contributed by atoms with Gasteiger partial charge in [0, 0.05) is 11.8 Å². The summed E-state index contributed by atoms with van der Waals surface area (Å²) in [6, 6.07) is 0. The first kappa shape index (κ1) is 10.4. The highest BCUT2D eigenvalue weighted by molar-refractivity contribution is 4.65. The lowest BCUT2D eigenvalue weighted by molar-refractivity contribution is -0.328. The van der Waals surface area contributed by atoms with Crippen LogP contribution in [0, 0.1) is 11.8 Å². The third-order valence-corrected chi connectivity index (χ3v) is 2.40. The Morgan fingerprint density at radius 2 is 0.929 bits per heavy atom. The summed E-state index contributed by atoms with van der Waals surface area (Å²) in [5, 5.41) is 0. The Labute approximate surface area is 84.5 Å². The lowest BCUT2D eigenvalue weighted by Crippen LogP contribution is -2.45. The van der Waals surface area contributed by atoms with Crippen LogP contribution in [0.3, 0.4) is 0 Å². The average Bonchev–Trinajstić information content (AvgIpc) is 2.21. The van der Waals surface area contributed by atoms with E-state index < -0.39 is 0 Å². The van der Waals surface area contributed by atoms with Gasteiger partial charge in [0.2, 0.25) is 12.6 Å². The molecule has 2 saturated heterocycles. The van der Waals surface area contributed by atoms with E-state index in [1.165, 1.54) is 0 Å². The Hall–Kier alpha value is -0.160. The monoisotopic (exact) mass is 202 g/mol. The van der Waals surface area contributed by atoms with E-state index in [9.17, 15) is 0 Å². The molecule has 14 heavy (non-hydrogen) atoms. The maximum atomic E-state index is 5.49. The zero-order valence-corrected chi connectivity index (χ0v) is 8.77. The van der Waals surface area contributed by atoms with Crippen molar-refractivity contribution in [2.75, 3.05) is 26.4 Å². The molecule has 0 aromatic carbocycles. The molecule has 2 heterocycles. The van der Waals surface area contributed by atoms with Gasteiger partial charge in [-0.25, -0.2) is 0 Å². The van der Waals surface area contributed by atoms with Crippen molar-refractivity contribution in [1.82, 2.24) is 0 Å². The predicted molar refractivity (Wildman–Crippen MR) is 49.7 cm³/mol. The van der Waals surface area contributed by atoms with Crippen LogP contribution in [0.15, 0.2) is 0 Å². The molecule has 0 amide bonds. The van der Waals surface area contributed by atoms with Gasteiger partial charge in [-0.3, -0.25) is 0 Å². The van der Waals surface area contributed by atoms with Crippen molar-refractivity contribution in [2.45, 2.75) is 26.4 Å². The predicted octanol–water partition coefficient (Wildman–Crippen LogP) is 1.00. The lowest BCUT2D eigenvalue weighted by atomic mass is 10.2. The minimum atomic E-state index is -0.335. The highest BCUT2D eigenvalue weighted by Gasteiger charge is 2.32. The van der Waals surface area contributed by atoms with E-state index >= 15 is 0 Å². The molecule has 4 nitrogen and oxygen atoms in total. The van der Waals surface area contributed by atoms with E-state index in [2.05, 4.69) is 13.8 Å². The molecule has 0 spiro atoms. The Balaban J connectivity index is 1.78. The Bertz CT molecular complexity index is 149. The maximum Gasteiger partial charge on any atom is 0.209 e. The fourth-order valence-electron chi connectivity index (χ4n) is 1.54. The largest absolute Gasteiger partial charge is 0.348 e. The molecule has 0 aromatic heterocycles. The van der Waals surface area contributed by atoms with Crippen LogP contribution in [0.2, 0.25) is 0 Å². The SMILES string of the molecule is CC1COC(C2OCC(C)CO2)OC1. The summed E-state index contributed by atoms with van der Waals surface area (Å²) in [6.07, 6.45) is -0.669. The van der Waals surface area contributed by atoms with E-state index in [0.29, 0.717) is 11.8 Å². The van der Waals surface area contributed by atoms with Crippen molar-refractivity contribution in [3.63, 3.8) is 0 Å². The van der Waals surface area contributed by atoms with Crippen LogP contribution in [0.1, 0.15) is 13.8 Å². The standard InChI is InChI=1S/C10H18O4/c1-7-3-11-9(12-4-7)10-13-5-8(2)6-14-10/h7-10H,3-6H2,1-2H3. The molecule has 0 aromatic rings. The van der Waals surface area contributed by atoms with Crippen molar-refractivity contribution in [3.8, 4) is 0 Å². The van der Waals surface area contributed by atoms with Crippen LogP contribution in [-0.2, 0) is 18.9 Å². The second-order valence-electron chi connectivity index (χ2n) is 4.28. The highest BCUT2D eigenvalue weighted by Crippen LogP contribution is 2.20. The van der Waals surface area contributed by atoms with Gasteiger partial charge in [0.25, 0.3) is 0 Å². The average molecular weight is 202 g/mol. The number of hydrogen-bond acceptors (Lipinski definition) is 4. The summed E-state index contributed by atoms with van der Waals surface area (Å²) in [4.78, 5) is 0. The minimum Gasteiger partial charge on any atom is -0.348 e. The molecule has 0 radical (unpaired) electrons. The first-order valence-corrected chi connectivity index (χ1v) is 5.22. The van der Waals surface area contributed by atoms with E-state index in [0.717, 1.165) is 26.4 Å². The van der Waals surface area contributed by atoms with Gasteiger partial charge in [0.05, 0.1) is 26.4 Å². The third-order valence-electron chi connectivity index (χ3n) is 2.40. The summed E-state index contributed by atoms with van der Waals surface area (Å²) in [5.74, 6) is 0.933. The van der Waals surface area contributed by atoms with Gasteiger partial charge in [-0.15, -0.1) is 0 Å². The van der Waals surface area contributed by atoms with Gasteiger partial charge >= 0.3 is 0 Å². The van der Waals surface area contributed by atoms with Crippen molar-refractivity contribution in [2.24, 2.45) is 11.8 Å². The van der Waals surface area contributed by atoms with E-state index in [1.54, 1.807) is 0 Å². The zero-order chi connectivity index (χ0) is 9.97. The molecule has 0 N–H and O–H groups in total. The molecule has 0 atom stereocenters. The van der Waals surface area contributed by atoms with Gasteiger partial charge in [0.15, 0.2) is 0 Å². The van der Waals surface area contributed by atoms with Crippen molar-refractivity contribution < 1.29 is 18.9 Å². The topological polar surface area (TPSA) is 36.9 Å². The van der Waals surface area contributed by atoms with Crippen molar-refractivity contribution in [1.29, 1.82) is 0 Å². The smallest absolute Gasteiger partial charge is 0.209 e. The van der Waals surface area contributed by atoms with Gasteiger partial charge in [-0.2, -0.15) is 0 Å². The Morgan fingerprint density at radius 1 is 0.643 bits per heavy atom. The molecule has 2 fully saturated rings. The van der Waals surface area contributed by atoms with E-state index in [1.807, 2.05) is 0 Å². The summed E-state index contributed by atoms with van der Waals surface area (Å²) >= 11 is 0. The van der Waals surface area contributed by atoms with Crippen LogP contribution in [0.4, 0.5) is 0 Å². The molecule has 2 aliphatic heterocycles. The Morgan fingerprint density at radius 3 is 1.21 bits per heavy atom.